The van der Waals surface area contributed by atoms with Crippen molar-refractivity contribution in [2.45, 2.75) is 27.7 Å². The van der Waals surface area contributed by atoms with Crippen molar-refractivity contribution >= 4 is 22.9 Å². The zero-order valence-corrected chi connectivity index (χ0v) is 12.9. The standard InChI is InChI=1S/C15H17N5O2/c1-9-5-6-10(22-9)20-8-18-11-12(16-7-17-13(11)20)19-14(21)15(2,3)4/h5-8H,1-4H3,(H,16,17,19,21). The van der Waals surface area contributed by atoms with Crippen molar-refractivity contribution in [1.29, 1.82) is 0 Å². The normalized spacial score (nSPS) is 11.8. The summed E-state index contributed by atoms with van der Waals surface area (Å²) in [5.74, 6) is 1.68. The van der Waals surface area contributed by atoms with Crippen LogP contribution in [-0.2, 0) is 4.79 Å². The van der Waals surface area contributed by atoms with Gasteiger partial charge in [0.2, 0.25) is 11.8 Å². The minimum atomic E-state index is -0.516. The predicted octanol–water partition coefficient (Wildman–Crippen LogP) is 2.70. The summed E-state index contributed by atoms with van der Waals surface area (Å²) in [4.78, 5) is 24.8. The number of carbonyl (C=O) groups is 1. The molecule has 0 aliphatic heterocycles. The summed E-state index contributed by atoms with van der Waals surface area (Å²) < 4.78 is 7.31. The average molecular weight is 299 g/mol. The minimum absolute atomic E-state index is 0.129. The molecule has 1 N–H and O–H groups in total. The van der Waals surface area contributed by atoms with Crippen molar-refractivity contribution < 1.29 is 9.21 Å². The zero-order valence-electron chi connectivity index (χ0n) is 12.9. The lowest BCUT2D eigenvalue weighted by Crippen LogP contribution is -2.28. The molecule has 3 aromatic heterocycles. The third-order valence-electron chi connectivity index (χ3n) is 3.21. The molecule has 3 heterocycles. The first kappa shape index (κ1) is 14.2. The van der Waals surface area contributed by atoms with Crippen LogP contribution in [0, 0.1) is 12.3 Å². The van der Waals surface area contributed by atoms with Gasteiger partial charge in [0.05, 0.1) is 0 Å². The summed E-state index contributed by atoms with van der Waals surface area (Å²) >= 11 is 0. The molecule has 3 aromatic rings. The van der Waals surface area contributed by atoms with E-state index in [-0.39, 0.29) is 5.91 Å². The molecule has 0 atom stereocenters. The maximum atomic E-state index is 12.1. The number of rotatable bonds is 2. The van der Waals surface area contributed by atoms with Gasteiger partial charge in [0.15, 0.2) is 17.0 Å². The summed E-state index contributed by atoms with van der Waals surface area (Å²) in [7, 11) is 0. The highest BCUT2D eigenvalue weighted by atomic mass is 16.4. The lowest BCUT2D eigenvalue weighted by Gasteiger charge is -2.17. The molecule has 3 rings (SSSR count). The number of aromatic nitrogens is 4. The molecule has 0 saturated carbocycles. The number of hydrogen-bond acceptors (Lipinski definition) is 5. The Morgan fingerprint density at radius 3 is 2.64 bits per heavy atom. The van der Waals surface area contributed by atoms with Crippen LogP contribution in [0.3, 0.4) is 0 Å². The van der Waals surface area contributed by atoms with Crippen LogP contribution < -0.4 is 5.32 Å². The lowest BCUT2D eigenvalue weighted by atomic mass is 9.96. The molecule has 0 aliphatic carbocycles. The number of aryl methyl sites for hydroxylation is 1. The summed E-state index contributed by atoms with van der Waals surface area (Å²) in [5.41, 5.74) is 0.584. The third kappa shape index (κ3) is 2.45. The van der Waals surface area contributed by atoms with Gasteiger partial charge in [0.1, 0.15) is 18.4 Å². The fourth-order valence-electron chi connectivity index (χ4n) is 1.93. The van der Waals surface area contributed by atoms with E-state index in [0.717, 1.165) is 5.76 Å². The Hall–Kier alpha value is -2.70. The topological polar surface area (TPSA) is 85.8 Å². The molecule has 7 nitrogen and oxygen atoms in total. The van der Waals surface area contributed by atoms with Crippen molar-refractivity contribution in [3.63, 3.8) is 0 Å². The number of nitrogens with zero attached hydrogens (tertiary/aromatic N) is 4. The van der Waals surface area contributed by atoms with Gasteiger partial charge in [-0.1, -0.05) is 20.8 Å². The molecule has 0 radical (unpaired) electrons. The maximum Gasteiger partial charge on any atom is 0.230 e. The van der Waals surface area contributed by atoms with Crippen molar-refractivity contribution in [1.82, 2.24) is 19.5 Å². The molecule has 0 saturated heterocycles. The van der Waals surface area contributed by atoms with Crippen molar-refractivity contribution in [2.75, 3.05) is 5.32 Å². The SMILES string of the molecule is Cc1ccc(-n2cnc3c(NC(=O)C(C)(C)C)ncnc32)o1. The van der Waals surface area contributed by atoms with Gasteiger partial charge in [-0.3, -0.25) is 9.36 Å². The third-order valence-corrected chi connectivity index (χ3v) is 3.21. The number of imidazole rings is 1. The Kier molecular flexibility index (Phi) is 3.20. The Bertz CT molecular complexity index is 841. The van der Waals surface area contributed by atoms with E-state index in [4.69, 9.17) is 4.42 Å². The van der Waals surface area contributed by atoms with Gasteiger partial charge in [-0.2, -0.15) is 0 Å². The van der Waals surface area contributed by atoms with Gasteiger partial charge in [0.25, 0.3) is 0 Å². The van der Waals surface area contributed by atoms with Crippen LogP contribution in [0.5, 0.6) is 0 Å². The van der Waals surface area contributed by atoms with Crippen LogP contribution >= 0.6 is 0 Å². The smallest absolute Gasteiger partial charge is 0.230 e. The van der Waals surface area contributed by atoms with Gasteiger partial charge in [-0.25, -0.2) is 15.0 Å². The highest BCUT2D eigenvalue weighted by molar-refractivity contribution is 5.99. The number of anilines is 1. The zero-order chi connectivity index (χ0) is 15.9. The van der Waals surface area contributed by atoms with Crippen LogP contribution in [0.2, 0.25) is 0 Å². The second-order valence-electron chi connectivity index (χ2n) is 6.10. The van der Waals surface area contributed by atoms with E-state index in [9.17, 15) is 4.79 Å². The molecule has 114 valence electrons. The Labute approximate surface area is 127 Å². The largest absolute Gasteiger partial charge is 0.445 e. The summed E-state index contributed by atoms with van der Waals surface area (Å²) in [6.45, 7) is 7.38. The molecule has 0 unspecified atom stereocenters. The van der Waals surface area contributed by atoms with E-state index in [1.807, 2.05) is 39.8 Å². The molecule has 0 fully saturated rings. The Morgan fingerprint density at radius 2 is 2.00 bits per heavy atom. The van der Waals surface area contributed by atoms with Crippen LogP contribution in [0.15, 0.2) is 29.2 Å². The summed E-state index contributed by atoms with van der Waals surface area (Å²) in [6, 6.07) is 3.70. The van der Waals surface area contributed by atoms with Crippen LogP contribution in [0.25, 0.3) is 17.0 Å². The van der Waals surface area contributed by atoms with Gasteiger partial charge >= 0.3 is 0 Å². The molecule has 1 amide bonds. The van der Waals surface area contributed by atoms with E-state index in [1.165, 1.54) is 6.33 Å². The number of furan rings is 1. The Balaban J connectivity index is 2.04. The highest BCUT2D eigenvalue weighted by Crippen LogP contribution is 2.23. The molecular formula is C15H17N5O2. The molecule has 0 bridgehead atoms. The molecule has 0 spiro atoms. The quantitative estimate of drug-likeness (QED) is 0.786. The van der Waals surface area contributed by atoms with Gasteiger partial charge in [-0.15, -0.1) is 0 Å². The average Bonchev–Trinajstić information content (AvgIpc) is 3.04. The van der Waals surface area contributed by atoms with Gasteiger partial charge in [0, 0.05) is 11.5 Å². The minimum Gasteiger partial charge on any atom is -0.445 e. The number of carbonyl (C=O) groups excluding carboxylic acids is 1. The Morgan fingerprint density at radius 1 is 1.23 bits per heavy atom. The monoisotopic (exact) mass is 299 g/mol. The van der Waals surface area contributed by atoms with Gasteiger partial charge in [-0.05, 0) is 13.0 Å². The first-order valence-corrected chi connectivity index (χ1v) is 6.92. The van der Waals surface area contributed by atoms with E-state index in [2.05, 4.69) is 20.3 Å². The van der Waals surface area contributed by atoms with Crippen molar-refractivity contribution in [2.24, 2.45) is 5.41 Å². The summed E-state index contributed by atoms with van der Waals surface area (Å²) in [5, 5.41) is 2.80. The highest BCUT2D eigenvalue weighted by Gasteiger charge is 2.23. The summed E-state index contributed by atoms with van der Waals surface area (Å²) in [6.07, 6.45) is 3.00. The lowest BCUT2D eigenvalue weighted by molar-refractivity contribution is -0.123. The molecule has 22 heavy (non-hydrogen) atoms. The van der Waals surface area contributed by atoms with Crippen molar-refractivity contribution in [3.05, 3.63) is 30.5 Å². The van der Waals surface area contributed by atoms with E-state index in [0.29, 0.717) is 22.9 Å². The first-order chi connectivity index (χ1) is 10.4. The number of amides is 1. The fraction of sp³-hybridized carbons (Fsp3) is 0.333. The molecule has 0 aromatic carbocycles. The number of nitrogens with one attached hydrogen (secondary N) is 1. The van der Waals surface area contributed by atoms with Crippen LogP contribution in [0.4, 0.5) is 5.82 Å². The molecular weight excluding hydrogens is 282 g/mol. The second-order valence-corrected chi connectivity index (χ2v) is 6.10. The van der Waals surface area contributed by atoms with E-state index >= 15 is 0 Å². The maximum absolute atomic E-state index is 12.1. The number of fused-ring (bicyclic) bond motifs is 1. The number of hydrogen-bond donors (Lipinski definition) is 1. The van der Waals surface area contributed by atoms with Gasteiger partial charge < -0.3 is 9.73 Å². The predicted molar refractivity (Wildman–Crippen MR) is 81.7 cm³/mol. The molecule has 7 heteroatoms. The fourth-order valence-corrected chi connectivity index (χ4v) is 1.93. The van der Waals surface area contributed by atoms with Crippen LogP contribution in [0.1, 0.15) is 26.5 Å². The van der Waals surface area contributed by atoms with E-state index < -0.39 is 5.41 Å². The first-order valence-electron chi connectivity index (χ1n) is 6.92. The van der Waals surface area contributed by atoms with Crippen molar-refractivity contribution in [3.8, 4) is 5.88 Å². The molecule has 0 aliphatic rings. The second kappa shape index (κ2) is 4.94. The van der Waals surface area contributed by atoms with Crippen LogP contribution in [-0.4, -0.2) is 25.4 Å². The van der Waals surface area contributed by atoms with E-state index in [1.54, 1.807) is 10.9 Å².